The maximum atomic E-state index is 12.7. The molecule has 30 heavy (non-hydrogen) atoms. The summed E-state index contributed by atoms with van der Waals surface area (Å²) in [7, 11) is -3.67. The maximum absolute atomic E-state index is 12.7. The molecule has 1 atom stereocenters. The Hall–Kier alpha value is -2.46. The fraction of sp³-hybridized carbons (Fsp3) is 0.550. The Labute approximate surface area is 177 Å². The quantitative estimate of drug-likeness (QED) is 0.572. The van der Waals surface area contributed by atoms with Gasteiger partial charge in [-0.05, 0) is 37.5 Å². The molecule has 0 radical (unpaired) electrons. The fourth-order valence-corrected chi connectivity index (χ4v) is 5.14. The number of carbonyl (C=O) groups excluding carboxylic acids is 3. The highest BCUT2D eigenvalue weighted by Crippen LogP contribution is 2.25. The van der Waals surface area contributed by atoms with Gasteiger partial charge >= 0.3 is 6.03 Å². The zero-order valence-electron chi connectivity index (χ0n) is 18.1. The number of carbonyl (C=O) groups is 3. The molecule has 0 bridgehead atoms. The normalized spacial score (nSPS) is 19.5. The van der Waals surface area contributed by atoms with Gasteiger partial charge in [0.15, 0.2) is 0 Å². The lowest BCUT2D eigenvalue weighted by molar-refractivity contribution is -0.133. The van der Waals surface area contributed by atoms with Crippen LogP contribution < -0.4 is 10.6 Å². The van der Waals surface area contributed by atoms with Gasteiger partial charge in [-0.25, -0.2) is 13.2 Å². The predicted molar refractivity (Wildman–Crippen MR) is 113 cm³/mol. The Morgan fingerprint density at radius 3 is 2.43 bits per heavy atom. The highest BCUT2D eigenvalue weighted by Gasteiger charge is 2.48. The molecule has 1 saturated heterocycles. The van der Waals surface area contributed by atoms with E-state index >= 15 is 0 Å². The Morgan fingerprint density at radius 1 is 1.23 bits per heavy atom. The van der Waals surface area contributed by atoms with Crippen LogP contribution >= 0.6 is 0 Å². The number of sulfonamides is 1. The van der Waals surface area contributed by atoms with Gasteiger partial charge in [-0.15, -0.1) is 0 Å². The molecule has 166 valence electrons. The summed E-state index contributed by atoms with van der Waals surface area (Å²) in [4.78, 5) is 38.3. The van der Waals surface area contributed by atoms with E-state index in [0.717, 1.165) is 4.90 Å². The van der Waals surface area contributed by atoms with E-state index in [-0.39, 0.29) is 16.5 Å². The lowest BCUT2D eigenvalue weighted by atomic mass is 9.91. The summed E-state index contributed by atoms with van der Waals surface area (Å²) in [6.45, 7) is 9.24. The summed E-state index contributed by atoms with van der Waals surface area (Å²) in [6.07, 6.45) is 0.459. The molecule has 1 heterocycles. The van der Waals surface area contributed by atoms with E-state index in [0.29, 0.717) is 19.5 Å². The van der Waals surface area contributed by atoms with Gasteiger partial charge in [-0.2, -0.15) is 4.31 Å². The van der Waals surface area contributed by atoms with Gasteiger partial charge in [0.05, 0.1) is 4.90 Å². The van der Waals surface area contributed by atoms with Gasteiger partial charge in [0, 0.05) is 18.8 Å². The number of benzene rings is 1. The molecule has 1 aliphatic rings. The van der Waals surface area contributed by atoms with Crippen LogP contribution in [-0.2, 0) is 19.6 Å². The second-order valence-electron chi connectivity index (χ2n) is 7.92. The number of imide groups is 1. The molecule has 9 nitrogen and oxygen atoms in total. The highest BCUT2D eigenvalue weighted by atomic mass is 32.2. The molecule has 2 rings (SSSR count). The Bertz CT molecular complexity index is 927. The van der Waals surface area contributed by atoms with E-state index in [1.807, 2.05) is 13.8 Å². The molecule has 0 saturated carbocycles. The lowest BCUT2D eigenvalue weighted by Crippen LogP contribution is -2.45. The van der Waals surface area contributed by atoms with Crippen LogP contribution in [0.25, 0.3) is 0 Å². The SMILES string of the molecule is CCN(CC)S(=O)(=O)c1cccc(NC(=O)CN2C(=O)NC(C)(CC(C)C)C2=O)c1. The van der Waals surface area contributed by atoms with Crippen LogP contribution in [0.5, 0.6) is 0 Å². The molecule has 1 aromatic carbocycles. The average Bonchev–Trinajstić information content (AvgIpc) is 2.85. The van der Waals surface area contributed by atoms with E-state index in [2.05, 4.69) is 10.6 Å². The van der Waals surface area contributed by atoms with Crippen molar-refractivity contribution in [3.05, 3.63) is 24.3 Å². The van der Waals surface area contributed by atoms with E-state index in [4.69, 9.17) is 0 Å². The molecule has 1 aliphatic heterocycles. The zero-order valence-corrected chi connectivity index (χ0v) is 18.9. The molecule has 0 aliphatic carbocycles. The van der Waals surface area contributed by atoms with Crippen LogP contribution in [0.1, 0.15) is 41.0 Å². The lowest BCUT2D eigenvalue weighted by Gasteiger charge is -2.23. The van der Waals surface area contributed by atoms with Gasteiger partial charge in [0.1, 0.15) is 12.1 Å². The van der Waals surface area contributed by atoms with Crippen molar-refractivity contribution in [2.45, 2.75) is 51.5 Å². The first kappa shape index (κ1) is 23.8. The molecule has 10 heteroatoms. The second-order valence-corrected chi connectivity index (χ2v) is 9.85. The zero-order chi connectivity index (χ0) is 22.7. The number of anilines is 1. The molecule has 0 aromatic heterocycles. The topological polar surface area (TPSA) is 116 Å². The first-order valence-corrected chi connectivity index (χ1v) is 11.4. The number of amides is 4. The largest absolute Gasteiger partial charge is 0.325 e. The van der Waals surface area contributed by atoms with Crippen LogP contribution in [0, 0.1) is 5.92 Å². The molecular formula is C20H30N4O5S. The maximum Gasteiger partial charge on any atom is 0.325 e. The van der Waals surface area contributed by atoms with Crippen LogP contribution in [0.4, 0.5) is 10.5 Å². The van der Waals surface area contributed by atoms with E-state index in [1.54, 1.807) is 26.8 Å². The van der Waals surface area contributed by atoms with Gasteiger partial charge in [0.2, 0.25) is 15.9 Å². The van der Waals surface area contributed by atoms with Crippen molar-refractivity contribution in [3.8, 4) is 0 Å². The van der Waals surface area contributed by atoms with Crippen molar-refractivity contribution in [3.63, 3.8) is 0 Å². The fourth-order valence-electron chi connectivity index (χ4n) is 3.64. The van der Waals surface area contributed by atoms with Crippen molar-refractivity contribution in [1.82, 2.24) is 14.5 Å². The summed E-state index contributed by atoms with van der Waals surface area (Å²) < 4.78 is 26.6. The third kappa shape index (κ3) is 4.99. The minimum atomic E-state index is -3.67. The second kappa shape index (κ2) is 9.13. The predicted octanol–water partition coefficient (Wildman–Crippen LogP) is 2.01. The average molecular weight is 439 g/mol. The molecule has 1 unspecified atom stereocenters. The minimum Gasteiger partial charge on any atom is -0.324 e. The van der Waals surface area contributed by atoms with Gasteiger partial charge in [-0.1, -0.05) is 33.8 Å². The van der Waals surface area contributed by atoms with Crippen molar-refractivity contribution >= 4 is 33.6 Å². The molecular weight excluding hydrogens is 408 g/mol. The highest BCUT2D eigenvalue weighted by molar-refractivity contribution is 7.89. The Morgan fingerprint density at radius 2 is 1.87 bits per heavy atom. The van der Waals surface area contributed by atoms with Gasteiger partial charge in [-0.3, -0.25) is 14.5 Å². The number of nitrogens with one attached hydrogen (secondary N) is 2. The molecule has 4 amide bonds. The molecule has 2 N–H and O–H groups in total. The third-order valence-corrected chi connectivity index (χ3v) is 6.97. The molecule has 1 aromatic rings. The molecule has 0 spiro atoms. The van der Waals surface area contributed by atoms with Crippen LogP contribution in [-0.4, -0.2) is 60.6 Å². The van der Waals surface area contributed by atoms with Crippen molar-refractivity contribution in [2.24, 2.45) is 5.92 Å². The number of hydrogen-bond acceptors (Lipinski definition) is 5. The van der Waals surface area contributed by atoms with Crippen molar-refractivity contribution in [2.75, 3.05) is 25.0 Å². The monoisotopic (exact) mass is 438 g/mol. The Kier molecular flexibility index (Phi) is 7.25. The Balaban J connectivity index is 2.13. The van der Waals surface area contributed by atoms with E-state index in [1.165, 1.54) is 22.5 Å². The van der Waals surface area contributed by atoms with Crippen molar-refractivity contribution < 1.29 is 22.8 Å². The van der Waals surface area contributed by atoms with Crippen LogP contribution in [0.15, 0.2) is 29.2 Å². The smallest absolute Gasteiger partial charge is 0.324 e. The summed E-state index contributed by atoms with van der Waals surface area (Å²) in [5.41, 5.74) is -0.770. The first-order chi connectivity index (χ1) is 13.9. The summed E-state index contributed by atoms with van der Waals surface area (Å²) in [5, 5.41) is 5.23. The first-order valence-electron chi connectivity index (χ1n) is 9.98. The minimum absolute atomic E-state index is 0.0588. The van der Waals surface area contributed by atoms with Crippen LogP contribution in [0.3, 0.4) is 0 Å². The number of nitrogens with zero attached hydrogens (tertiary/aromatic N) is 2. The number of hydrogen-bond donors (Lipinski definition) is 2. The standard InChI is InChI=1S/C20H30N4O5S/c1-6-23(7-2)30(28,29)16-10-8-9-15(11-16)21-17(25)13-24-18(26)20(5,12-14(3)4)22-19(24)27/h8-11,14H,6-7,12-13H2,1-5H3,(H,21,25)(H,22,27). The summed E-state index contributed by atoms with van der Waals surface area (Å²) in [5.74, 6) is -0.859. The van der Waals surface area contributed by atoms with E-state index in [9.17, 15) is 22.8 Å². The summed E-state index contributed by atoms with van der Waals surface area (Å²) >= 11 is 0. The van der Waals surface area contributed by atoms with Gasteiger partial charge in [0.25, 0.3) is 5.91 Å². The third-order valence-electron chi connectivity index (χ3n) is 4.92. The van der Waals surface area contributed by atoms with Gasteiger partial charge < -0.3 is 10.6 Å². The van der Waals surface area contributed by atoms with Crippen LogP contribution in [0.2, 0.25) is 0 Å². The molecule has 1 fully saturated rings. The number of urea groups is 1. The van der Waals surface area contributed by atoms with E-state index < -0.39 is 40.0 Å². The summed E-state index contributed by atoms with van der Waals surface area (Å²) in [6, 6.07) is 5.28. The van der Waals surface area contributed by atoms with Crippen molar-refractivity contribution in [1.29, 1.82) is 0 Å². The number of rotatable bonds is 9.